The van der Waals surface area contributed by atoms with Gasteiger partial charge in [0.1, 0.15) is 0 Å². The molecule has 2 atom stereocenters. The SMILES string of the molecule is Cc1ccc(S(=O)(=O)C[C@H]2CCC[C@H](c3ccccc3)O2)cc1. The van der Waals surface area contributed by atoms with Gasteiger partial charge in [0.25, 0.3) is 0 Å². The number of hydrogen-bond donors (Lipinski definition) is 0. The summed E-state index contributed by atoms with van der Waals surface area (Å²) in [5, 5.41) is 0. The van der Waals surface area contributed by atoms with Gasteiger partial charge in [-0.15, -0.1) is 0 Å². The van der Waals surface area contributed by atoms with Crippen LogP contribution in [0.15, 0.2) is 59.5 Å². The van der Waals surface area contributed by atoms with Gasteiger partial charge < -0.3 is 4.74 Å². The first-order valence-corrected chi connectivity index (χ1v) is 9.70. The van der Waals surface area contributed by atoms with Crippen LogP contribution in [0.3, 0.4) is 0 Å². The molecule has 2 aromatic rings. The molecular weight excluding hydrogens is 308 g/mol. The lowest BCUT2D eigenvalue weighted by Gasteiger charge is -2.30. The van der Waals surface area contributed by atoms with Gasteiger partial charge in [-0.3, -0.25) is 0 Å². The molecule has 0 N–H and O–H groups in total. The predicted molar refractivity (Wildman–Crippen MR) is 91.1 cm³/mol. The number of benzene rings is 2. The molecule has 0 unspecified atom stereocenters. The molecule has 0 aromatic heterocycles. The van der Waals surface area contributed by atoms with E-state index in [0.29, 0.717) is 4.90 Å². The molecule has 1 heterocycles. The van der Waals surface area contributed by atoms with E-state index < -0.39 is 9.84 Å². The van der Waals surface area contributed by atoms with Crippen LogP contribution in [0.1, 0.15) is 36.5 Å². The summed E-state index contributed by atoms with van der Waals surface area (Å²) in [5.74, 6) is 0.0550. The maximum absolute atomic E-state index is 12.6. The molecule has 23 heavy (non-hydrogen) atoms. The largest absolute Gasteiger partial charge is 0.369 e. The highest BCUT2D eigenvalue weighted by Gasteiger charge is 2.28. The molecule has 4 heteroatoms. The second kappa shape index (κ2) is 6.85. The standard InChI is InChI=1S/C19H22O3S/c1-15-10-12-18(13-11-15)23(20,21)14-17-8-5-9-19(22-17)16-6-3-2-4-7-16/h2-4,6-7,10-13,17,19H,5,8-9,14H2,1H3/t17-,19-/m1/s1. The Bertz CT molecular complexity index is 736. The quantitative estimate of drug-likeness (QED) is 0.848. The monoisotopic (exact) mass is 330 g/mol. The molecule has 1 saturated heterocycles. The Labute approximate surface area is 138 Å². The molecule has 0 aliphatic carbocycles. The van der Waals surface area contributed by atoms with Gasteiger partial charge in [0, 0.05) is 0 Å². The summed E-state index contributed by atoms with van der Waals surface area (Å²) in [7, 11) is -3.31. The molecular formula is C19H22O3S. The Morgan fingerprint density at radius 1 is 1.00 bits per heavy atom. The van der Waals surface area contributed by atoms with E-state index in [2.05, 4.69) is 0 Å². The molecule has 1 aliphatic rings. The minimum absolute atomic E-state index is 0.00293. The van der Waals surface area contributed by atoms with Crippen LogP contribution in [-0.4, -0.2) is 20.3 Å². The minimum Gasteiger partial charge on any atom is -0.369 e. The van der Waals surface area contributed by atoms with E-state index in [1.807, 2.05) is 49.4 Å². The summed E-state index contributed by atoms with van der Waals surface area (Å²) in [4.78, 5) is 0.383. The molecule has 3 rings (SSSR count). The summed E-state index contributed by atoms with van der Waals surface area (Å²) in [6.07, 6.45) is 2.51. The van der Waals surface area contributed by atoms with Crippen molar-refractivity contribution in [3.8, 4) is 0 Å². The Hall–Kier alpha value is -1.65. The summed E-state index contributed by atoms with van der Waals surface area (Å²) in [6.45, 7) is 1.95. The van der Waals surface area contributed by atoms with Crippen molar-refractivity contribution in [3.05, 3.63) is 65.7 Å². The Morgan fingerprint density at radius 2 is 1.70 bits per heavy atom. The lowest BCUT2D eigenvalue weighted by molar-refractivity contribution is -0.0396. The van der Waals surface area contributed by atoms with Crippen molar-refractivity contribution < 1.29 is 13.2 Å². The Balaban J connectivity index is 1.71. The van der Waals surface area contributed by atoms with Crippen molar-refractivity contribution in [3.63, 3.8) is 0 Å². The maximum Gasteiger partial charge on any atom is 0.180 e. The van der Waals surface area contributed by atoms with Crippen LogP contribution in [0.25, 0.3) is 0 Å². The fourth-order valence-corrected chi connectivity index (χ4v) is 4.50. The molecule has 0 amide bonds. The zero-order valence-corrected chi connectivity index (χ0v) is 14.1. The van der Waals surface area contributed by atoms with Crippen LogP contribution in [0.2, 0.25) is 0 Å². The van der Waals surface area contributed by atoms with Crippen LogP contribution in [0.4, 0.5) is 0 Å². The van der Waals surface area contributed by atoms with Gasteiger partial charge in [0.2, 0.25) is 0 Å². The van der Waals surface area contributed by atoms with Gasteiger partial charge >= 0.3 is 0 Å². The first-order valence-electron chi connectivity index (χ1n) is 8.04. The van der Waals surface area contributed by atoms with E-state index in [9.17, 15) is 8.42 Å². The van der Waals surface area contributed by atoms with Crippen molar-refractivity contribution in [2.45, 2.75) is 43.3 Å². The third-order valence-electron chi connectivity index (χ3n) is 4.31. The molecule has 122 valence electrons. The van der Waals surface area contributed by atoms with E-state index in [-0.39, 0.29) is 18.0 Å². The second-order valence-electron chi connectivity index (χ2n) is 6.18. The van der Waals surface area contributed by atoms with Crippen LogP contribution in [0.5, 0.6) is 0 Å². The zero-order chi connectivity index (χ0) is 16.3. The topological polar surface area (TPSA) is 43.4 Å². The second-order valence-corrected chi connectivity index (χ2v) is 8.22. The molecule has 0 spiro atoms. The Kier molecular flexibility index (Phi) is 4.83. The van der Waals surface area contributed by atoms with Crippen LogP contribution in [-0.2, 0) is 14.6 Å². The highest BCUT2D eigenvalue weighted by Crippen LogP contribution is 2.32. The van der Waals surface area contributed by atoms with Gasteiger partial charge in [-0.1, -0.05) is 48.0 Å². The highest BCUT2D eigenvalue weighted by molar-refractivity contribution is 7.91. The summed E-state index contributed by atoms with van der Waals surface area (Å²) in [6, 6.07) is 17.1. The number of hydrogen-bond acceptors (Lipinski definition) is 3. The average Bonchev–Trinajstić information content (AvgIpc) is 2.56. The van der Waals surface area contributed by atoms with E-state index in [1.165, 1.54) is 0 Å². The van der Waals surface area contributed by atoms with E-state index in [4.69, 9.17) is 4.74 Å². The Morgan fingerprint density at radius 3 is 2.39 bits per heavy atom. The van der Waals surface area contributed by atoms with Crippen LogP contribution < -0.4 is 0 Å². The first kappa shape index (κ1) is 16.2. The summed E-state index contributed by atoms with van der Waals surface area (Å²) in [5.41, 5.74) is 2.19. The van der Waals surface area contributed by atoms with Crippen LogP contribution in [0, 0.1) is 6.92 Å². The van der Waals surface area contributed by atoms with Crippen molar-refractivity contribution >= 4 is 9.84 Å². The molecule has 3 nitrogen and oxygen atoms in total. The van der Waals surface area contributed by atoms with E-state index in [1.54, 1.807) is 12.1 Å². The van der Waals surface area contributed by atoms with Gasteiger partial charge in [-0.05, 0) is 43.9 Å². The molecule has 0 bridgehead atoms. The van der Waals surface area contributed by atoms with Crippen molar-refractivity contribution in [2.75, 3.05) is 5.75 Å². The third kappa shape index (κ3) is 4.01. The number of ether oxygens (including phenoxy) is 1. The van der Waals surface area contributed by atoms with Crippen molar-refractivity contribution in [2.24, 2.45) is 0 Å². The fourth-order valence-electron chi connectivity index (χ4n) is 3.02. The minimum atomic E-state index is -3.31. The number of rotatable bonds is 4. The van der Waals surface area contributed by atoms with E-state index in [0.717, 1.165) is 30.4 Å². The molecule has 0 saturated carbocycles. The zero-order valence-electron chi connectivity index (χ0n) is 13.3. The smallest absolute Gasteiger partial charge is 0.180 e. The van der Waals surface area contributed by atoms with Gasteiger partial charge in [-0.2, -0.15) is 0 Å². The van der Waals surface area contributed by atoms with Gasteiger partial charge in [-0.25, -0.2) is 8.42 Å². The van der Waals surface area contributed by atoms with Crippen molar-refractivity contribution in [1.29, 1.82) is 0 Å². The summed E-state index contributed by atoms with van der Waals surface area (Å²) >= 11 is 0. The molecule has 1 fully saturated rings. The molecule has 2 aromatic carbocycles. The normalized spacial score (nSPS) is 22.0. The predicted octanol–water partition coefficient (Wildman–Crippen LogP) is 4.08. The molecule has 0 radical (unpaired) electrons. The maximum atomic E-state index is 12.6. The van der Waals surface area contributed by atoms with E-state index >= 15 is 0 Å². The molecule has 1 aliphatic heterocycles. The summed E-state index contributed by atoms with van der Waals surface area (Å²) < 4.78 is 31.2. The number of aryl methyl sites for hydroxylation is 1. The average molecular weight is 330 g/mol. The fraction of sp³-hybridized carbons (Fsp3) is 0.368. The van der Waals surface area contributed by atoms with Crippen molar-refractivity contribution in [1.82, 2.24) is 0 Å². The number of sulfone groups is 1. The lowest BCUT2D eigenvalue weighted by atomic mass is 9.99. The van der Waals surface area contributed by atoms with Crippen LogP contribution >= 0.6 is 0 Å². The highest BCUT2D eigenvalue weighted by atomic mass is 32.2. The first-order chi connectivity index (χ1) is 11.0. The van der Waals surface area contributed by atoms with Gasteiger partial charge in [0.15, 0.2) is 9.84 Å². The van der Waals surface area contributed by atoms with Gasteiger partial charge in [0.05, 0.1) is 22.9 Å². The third-order valence-corrected chi connectivity index (χ3v) is 6.11. The lowest BCUT2D eigenvalue weighted by Crippen LogP contribution is -2.29.